The topological polar surface area (TPSA) is 70.4 Å². The van der Waals surface area contributed by atoms with E-state index in [0.717, 1.165) is 31.5 Å². The maximum atomic E-state index is 14.7. The average Bonchev–Trinajstić information content (AvgIpc) is 3.39. The van der Waals surface area contributed by atoms with Gasteiger partial charge < -0.3 is 20.1 Å². The molecule has 0 saturated carbocycles. The van der Waals surface area contributed by atoms with Crippen molar-refractivity contribution in [2.24, 2.45) is 0 Å². The number of halogens is 1. The van der Waals surface area contributed by atoms with Gasteiger partial charge in [0, 0.05) is 24.8 Å². The Balaban J connectivity index is 1.56. The fourth-order valence-electron chi connectivity index (χ4n) is 3.55. The number of aryl methyl sites for hydroxylation is 1. The zero-order valence-electron chi connectivity index (χ0n) is 16.2. The molecule has 4 rings (SSSR count). The number of hydrogen-bond acceptors (Lipinski definition) is 5. The summed E-state index contributed by atoms with van der Waals surface area (Å²) in [5.74, 6) is 0.333. The summed E-state index contributed by atoms with van der Waals surface area (Å²) in [6, 6.07) is 15.2. The molecule has 1 aromatic heterocycles. The van der Waals surface area contributed by atoms with Crippen LogP contribution in [0.1, 0.15) is 30.2 Å². The van der Waals surface area contributed by atoms with E-state index < -0.39 is 6.04 Å². The quantitative estimate of drug-likeness (QED) is 0.644. The Morgan fingerprint density at radius 2 is 1.90 bits per heavy atom. The molecule has 1 atom stereocenters. The second-order valence-corrected chi connectivity index (χ2v) is 7.16. The molecule has 1 fully saturated rings. The molecule has 1 aliphatic rings. The minimum absolute atomic E-state index is 0.295. The van der Waals surface area contributed by atoms with Crippen LogP contribution in [-0.2, 0) is 4.79 Å². The molecule has 1 amide bonds. The average molecular weight is 394 g/mol. The Kier molecular flexibility index (Phi) is 5.46. The monoisotopic (exact) mass is 394 g/mol. The number of rotatable bonds is 6. The number of carbonyl (C=O) groups is 1. The number of benzene rings is 2. The molecule has 0 spiro atoms. The molecule has 7 heteroatoms. The van der Waals surface area contributed by atoms with E-state index in [0.29, 0.717) is 23.0 Å². The van der Waals surface area contributed by atoms with Crippen molar-refractivity contribution >= 4 is 23.1 Å². The lowest BCUT2D eigenvalue weighted by atomic mass is 10.1. The number of nitrogens with zero attached hydrogens (tertiary/aromatic N) is 2. The summed E-state index contributed by atoms with van der Waals surface area (Å²) in [5, 5.41) is 9.70. The van der Waals surface area contributed by atoms with Crippen molar-refractivity contribution in [2.45, 2.75) is 25.8 Å². The highest BCUT2D eigenvalue weighted by atomic mass is 19.1. The smallest absolute Gasteiger partial charge is 0.252 e. The number of anilines is 3. The van der Waals surface area contributed by atoms with Crippen LogP contribution >= 0.6 is 0 Å². The molecule has 0 bridgehead atoms. The van der Waals surface area contributed by atoms with Gasteiger partial charge in [-0.1, -0.05) is 35.5 Å². The van der Waals surface area contributed by atoms with Crippen LogP contribution in [0.5, 0.6) is 0 Å². The number of nitrogens with one attached hydrogen (secondary N) is 2. The predicted octanol–water partition coefficient (Wildman–Crippen LogP) is 4.51. The van der Waals surface area contributed by atoms with Gasteiger partial charge >= 0.3 is 0 Å². The van der Waals surface area contributed by atoms with Crippen molar-refractivity contribution in [2.75, 3.05) is 28.6 Å². The Hall–Kier alpha value is -3.35. The largest absolute Gasteiger partial charge is 0.370 e. The summed E-state index contributed by atoms with van der Waals surface area (Å²) in [7, 11) is 0. The Labute approximate surface area is 168 Å². The molecule has 3 aromatic rings. The SMILES string of the molecule is Cc1cc(NC(=O)C(Nc2ccc(N3CCCC3)c(F)c2)c2ccccc2)no1. The normalized spacial score (nSPS) is 14.6. The van der Waals surface area contributed by atoms with Gasteiger partial charge in [0.2, 0.25) is 0 Å². The van der Waals surface area contributed by atoms with E-state index in [1.165, 1.54) is 6.07 Å². The maximum absolute atomic E-state index is 14.7. The molecule has 0 radical (unpaired) electrons. The fraction of sp³-hybridized carbons (Fsp3) is 0.273. The standard InChI is InChI=1S/C22H23FN4O2/c1-15-13-20(26-29-15)25-22(28)21(16-7-3-2-4-8-16)24-17-9-10-19(18(23)14-17)27-11-5-6-12-27/h2-4,7-10,13-14,21,24H,5-6,11-12H2,1H3,(H,25,26,28). The van der Waals surface area contributed by atoms with Crippen molar-refractivity contribution in [3.8, 4) is 0 Å². The Morgan fingerprint density at radius 1 is 1.14 bits per heavy atom. The third-order valence-corrected chi connectivity index (χ3v) is 4.98. The zero-order chi connectivity index (χ0) is 20.2. The van der Waals surface area contributed by atoms with Crippen LogP contribution in [0.4, 0.5) is 21.6 Å². The minimum atomic E-state index is -0.717. The van der Waals surface area contributed by atoms with E-state index in [1.807, 2.05) is 35.2 Å². The minimum Gasteiger partial charge on any atom is -0.370 e. The van der Waals surface area contributed by atoms with E-state index in [-0.39, 0.29) is 11.7 Å². The summed E-state index contributed by atoms with van der Waals surface area (Å²) in [6.45, 7) is 3.49. The first-order valence-electron chi connectivity index (χ1n) is 9.70. The molecule has 2 N–H and O–H groups in total. The first-order valence-corrected chi connectivity index (χ1v) is 9.70. The molecule has 2 aromatic carbocycles. The van der Waals surface area contributed by atoms with Gasteiger partial charge in [0.25, 0.3) is 5.91 Å². The molecule has 0 aliphatic carbocycles. The van der Waals surface area contributed by atoms with Crippen LogP contribution in [0, 0.1) is 12.7 Å². The third kappa shape index (κ3) is 4.39. The zero-order valence-corrected chi connectivity index (χ0v) is 16.2. The highest BCUT2D eigenvalue weighted by molar-refractivity contribution is 5.96. The van der Waals surface area contributed by atoms with E-state index in [9.17, 15) is 9.18 Å². The van der Waals surface area contributed by atoms with E-state index in [2.05, 4.69) is 15.8 Å². The molecule has 6 nitrogen and oxygen atoms in total. The van der Waals surface area contributed by atoms with E-state index in [4.69, 9.17) is 4.52 Å². The van der Waals surface area contributed by atoms with Crippen molar-refractivity contribution < 1.29 is 13.7 Å². The number of carbonyl (C=O) groups excluding carboxylic acids is 1. The van der Waals surface area contributed by atoms with E-state index in [1.54, 1.807) is 25.1 Å². The summed E-state index contributed by atoms with van der Waals surface area (Å²) in [5.41, 5.74) is 1.90. The number of amides is 1. The summed E-state index contributed by atoms with van der Waals surface area (Å²) in [6.07, 6.45) is 2.16. The van der Waals surface area contributed by atoms with Crippen LogP contribution < -0.4 is 15.5 Å². The number of hydrogen-bond donors (Lipinski definition) is 2. The lowest BCUT2D eigenvalue weighted by Crippen LogP contribution is -2.27. The molecule has 29 heavy (non-hydrogen) atoms. The fourth-order valence-corrected chi connectivity index (χ4v) is 3.55. The van der Waals surface area contributed by atoms with Crippen molar-refractivity contribution in [3.05, 3.63) is 71.7 Å². The Bertz CT molecular complexity index is 983. The highest BCUT2D eigenvalue weighted by Gasteiger charge is 2.23. The van der Waals surface area contributed by atoms with Gasteiger partial charge in [-0.05, 0) is 43.5 Å². The van der Waals surface area contributed by atoms with Crippen LogP contribution in [0.15, 0.2) is 59.1 Å². The first kappa shape index (κ1) is 19.0. The van der Waals surface area contributed by atoms with E-state index >= 15 is 0 Å². The molecular formula is C22H23FN4O2. The molecule has 150 valence electrons. The van der Waals surface area contributed by atoms with Crippen molar-refractivity contribution in [3.63, 3.8) is 0 Å². The van der Waals surface area contributed by atoms with Crippen LogP contribution in [0.25, 0.3) is 0 Å². The maximum Gasteiger partial charge on any atom is 0.252 e. The van der Waals surface area contributed by atoms with Gasteiger partial charge in [0.1, 0.15) is 17.6 Å². The van der Waals surface area contributed by atoms with Gasteiger partial charge in [-0.2, -0.15) is 0 Å². The molecule has 1 unspecified atom stereocenters. The van der Waals surface area contributed by atoms with Gasteiger partial charge in [0.15, 0.2) is 5.82 Å². The first-order chi connectivity index (χ1) is 14.1. The predicted molar refractivity (Wildman–Crippen MR) is 111 cm³/mol. The highest BCUT2D eigenvalue weighted by Crippen LogP contribution is 2.28. The third-order valence-electron chi connectivity index (χ3n) is 4.98. The van der Waals surface area contributed by atoms with Crippen molar-refractivity contribution in [1.82, 2.24) is 5.16 Å². The Morgan fingerprint density at radius 3 is 2.55 bits per heavy atom. The lowest BCUT2D eigenvalue weighted by molar-refractivity contribution is -0.117. The van der Waals surface area contributed by atoms with Crippen molar-refractivity contribution in [1.29, 1.82) is 0 Å². The van der Waals surface area contributed by atoms with Gasteiger partial charge in [-0.25, -0.2) is 4.39 Å². The van der Waals surface area contributed by atoms with Crippen LogP contribution in [0.2, 0.25) is 0 Å². The number of aromatic nitrogens is 1. The van der Waals surface area contributed by atoms with Gasteiger partial charge in [-0.3, -0.25) is 4.79 Å². The molecule has 1 saturated heterocycles. The summed E-state index contributed by atoms with van der Waals surface area (Å²) >= 11 is 0. The van der Waals surface area contributed by atoms with Crippen LogP contribution in [-0.4, -0.2) is 24.2 Å². The lowest BCUT2D eigenvalue weighted by Gasteiger charge is -2.22. The van der Waals surface area contributed by atoms with Gasteiger partial charge in [0.05, 0.1) is 5.69 Å². The molecule has 2 heterocycles. The molecular weight excluding hydrogens is 371 g/mol. The van der Waals surface area contributed by atoms with Crippen LogP contribution in [0.3, 0.4) is 0 Å². The van der Waals surface area contributed by atoms with Gasteiger partial charge in [-0.15, -0.1) is 0 Å². The summed E-state index contributed by atoms with van der Waals surface area (Å²) in [4.78, 5) is 15.0. The second-order valence-electron chi connectivity index (χ2n) is 7.16. The summed E-state index contributed by atoms with van der Waals surface area (Å²) < 4.78 is 19.7. The second kappa shape index (κ2) is 8.34. The molecule has 1 aliphatic heterocycles.